The normalized spacial score (nSPS) is 15.1. The largest absolute Gasteiger partial charge is 0.365 e. The van der Waals surface area contributed by atoms with Crippen molar-refractivity contribution in [3.8, 4) is 0 Å². The maximum absolute atomic E-state index is 12.2. The Balaban J connectivity index is 1.73. The number of hydrogen-bond acceptors (Lipinski definition) is 7. The number of nitrogens with zero attached hydrogens (tertiary/aromatic N) is 6. The molecule has 2 aromatic heterocycles. The van der Waals surface area contributed by atoms with E-state index in [0.29, 0.717) is 34.0 Å². The lowest BCUT2D eigenvalue weighted by molar-refractivity contribution is 0.100. The molecular weight excluding hydrogens is 415 g/mol. The number of likely N-dealkylation sites (N-methyl/N-ethyl adjacent to an activating group) is 1. The van der Waals surface area contributed by atoms with Crippen molar-refractivity contribution in [3.05, 3.63) is 45.7 Å². The number of amides is 1. The molecule has 0 spiro atoms. The van der Waals surface area contributed by atoms with Crippen molar-refractivity contribution in [3.63, 3.8) is 0 Å². The van der Waals surface area contributed by atoms with Gasteiger partial charge in [0.2, 0.25) is 5.95 Å². The van der Waals surface area contributed by atoms with Gasteiger partial charge in [-0.15, -0.1) is 10.2 Å². The first-order valence-corrected chi connectivity index (χ1v) is 9.84. The van der Waals surface area contributed by atoms with Crippen LogP contribution in [0.25, 0.3) is 5.65 Å². The number of piperazine rings is 1. The first-order valence-electron chi connectivity index (χ1n) is 9.09. The van der Waals surface area contributed by atoms with Crippen molar-refractivity contribution in [2.75, 3.05) is 43.4 Å². The zero-order chi connectivity index (χ0) is 20.5. The molecule has 0 bridgehead atoms. The lowest BCUT2D eigenvalue weighted by atomic mass is 10.2. The van der Waals surface area contributed by atoms with E-state index in [0.717, 1.165) is 31.7 Å². The molecule has 1 aromatic carbocycles. The monoisotopic (exact) mass is 434 g/mol. The average molecular weight is 435 g/mol. The lowest BCUT2D eigenvalue weighted by Crippen LogP contribution is -2.45. The molecule has 3 aromatic rings. The van der Waals surface area contributed by atoms with Gasteiger partial charge in [-0.3, -0.25) is 9.20 Å². The van der Waals surface area contributed by atoms with Crippen molar-refractivity contribution in [1.29, 1.82) is 0 Å². The van der Waals surface area contributed by atoms with Crippen molar-refractivity contribution in [2.45, 2.75) is 6.54 Å². The maximum Gasteiger partial charge on any atom is 0.256 e. The van der Waals surface area contributed by atoms with E-state index in [-0.39, 0.29) is 5.56 Å². The highest BCUT2D eigenvalue weighted by molar-refractivity contribution is 6.35. The predicted octanol–water partition coefficient (Wildman–Crippen LogP) is 1.89. The van der Waals surface area contributed by atoms with Crippen molar-refractivity contribution in [2.24, 2.45) is 5.73 Å². The number of nitrogens with two attached hydrogens (primary N) is 1. The molecule has 0 saturated carbocycles. The van der Waals surface area contributed by atoms with Crippen molar-refractivity contribution < 1.29 is 4.79 Å². The number of nitrogens with one attached hydrogen (secondary N) is 1. The fourth-order valence-corrected chi connectivity index (χ4v) is 3.77. The van der Waals surface area contributed by atoms with E-state index in [9.17, 15) is 4.79 Å². The van der Waals surface area contributed by atoms with Crippen LogP contribution in [-0.2, 0) is 6.54 Å². The van der Waals surface area contributed by atoms with E-state index in [1.807, 2.05) is 6.07 Å². The molecule has 29 heavy (non-hydrogen) atoms. The summed E-state index contributed by atoms with van der Waals surface area (Å²) in [4.78, 5) is 21.3. The molecule has 0 atom stereocenters. The van der Waals surface area contributed by atoms with Gasteiger partial charge in [0.05, 0.1) is 0 Å². The molecule has 1 aliphatic heterocycles. The number of carbonyl (C=O) groups excluding carboxylic acids is 1. The minimum Gasteiger partial charge on any atom is -0.365 e. The Hall–Kier alpha value is -2.62. The van der Waals surface area contributed by atoms with Gasteiger partial charge in [-0.25, -0.2) is 0 Å². The van der Waals surface area contributed by atoms with Crippen LogP contribution >= 0.6 is 23.2 Å². The van der Waals surface area contributed by atoms with E-state index < -0.39 is 5.91 Å². The Kier molecular flexibility index (Phi) is 5.44. The summed E-state index contributed by atoms with van der Waals surface area (Å²) in [6.07, 6.45) is 1.54. The van der Waals surface area contributed by atoms with Crippen LogP contribution in [0.15, 0.2) is 24.5 Å². The van der Waals surface area contributed by atoms with Gasteiger partial charge in [-0.05, 0) is 24.7 Å². The van der Waals surface area contributed by atoms with E-state index >= 15 is 0 Å². The molecule has 11 heteroatoms. The van der Waals surface area contributed by atoms with E-state index in [1.165, 1.54) is 0 Å². The summed E-state index contributed by atoms with van der Waals surface area (Å²) in [6.45, 7) is 3.76. The smallest absolute Gasteiger partial charge is 0.256 e. The van der Waals surface area contributed by atoms with Crippen LogP contribution in [0.4, 0.5) is 11.8 Å². The highest BCUT2D eigenvalue weighted by atomic mass is 35.5. The van der Waals surface area contributed by atoms with Crippen LogP contribution in [-0.4, -0.2) is 63.6 Å². The summed E-state index contributed by atoms with van der Waals surface area (Å²) < 4.78 is 1.70. The zero-order valence-electron chi connectivity index (χ0n) is 15.8. The standard InChI is InChI=1S/C18H20Cl2N8O/c1-26-4-6-27(7-5-26)18-24-16(14(15(21)29)17-25-23-10-28(17)18)22-9-11-2-3-12(19)8-13(11)20/h2-3,8,10,22H,4-7,9H2,1H3,(H2,21,29). The number of anilines is 2. The second-order valence-corrected chi connectivity index (χ2v) is 7.75. The van der Waals surface area contributed by atoms with Crippen molar-refractivity contribution >= 4 is 46.5 Å². The van der Waals surface area contributed by atoms with Gasteiger partial charge in [0.25, 0.3) is 5.91 Å². The summed E-state index contributed by atoms with van der Waals surface area (Å²) in [5.74, 6) is 0.371. The summed E-state index contributed by atoms with van der Waals surface area (Å²) in [5.41, 5.74) is 7.01. The average Bonchev–Trinajstić information content (AvgIpc) is 3.16. The van der Waals surface area contributed by atoms with E-state index in [4.69, 9.17) is 33.9 Å². The molecule has 1 saturated heterocycles. The summed E-state index contributed by atoms with van der Waals surface area (Å²) in [6, 6.07) is 5.24. The van der Waals surface area contributed by atoms with Crippen LogP contribution in [0.1, 0.15) is 15.9 Å². The quantitative estimate of drug-likeness (QED) is 0.631. The molecule has 0 aliphatic carbocycles. The van der Waals surface area contributed by atoms with Gasteiger partial charge in [0.1, 0.15) is 17.7 Å². The molecule has 0 radical (unpaired) electrons. The molecule has 3 heterocycles. The van der Waals surface area contributed by atoms with Crippen LogP contribution in [0.2, 0.25) is 10.0 Å². The Morgan fingerprint density at radius 3 is 2.69 bits per heavy atom. The molecule has 0 unspecified atom stereocenters. The van der Waals surface area contributed by atoms with E-state index in [2.05, 4.69) is 32.4 Å². The van der Waals surface area contributed by atoms with Gasteiger partial charge in [0.15, 0.2) is 5.65 Å². The first kappa shape index (κ1) is 19.7. The highest BCUT2D eigenvalue weighted by Crippen LogP contribution is 2.26. The van der Waals surface area contributed by atoms with Crippen molar-refractivity contribution in [1.82, 2.24) is 24.5 Å². The summed E-state index contributed by atoms with van der Waals surface area (Å²) >= 11 is 12.2. The fraction of sp³-hybridized carbons (Fsp3) is 0.333. The number of rotatable bonds is 5. The van der Waals surface area contributed by atoms with Gasteiger partial charge in [0, 0.05) is 42.8 Å². The third-order valence-corrected chi connectivity index (χ3v) is 5.52. The second kappa shape index (κ2) is 8.02. The first-order chi connectivity index (χ1) is 13.9. The number of halogens is 2. The third-order valence-electron chi connectivity index (χ3n) is 4.93. The predicted molar refractivity (Wildman–Crippen MR) is 113 cm³/mol. The molecule has 1 aliphatic rings. The molecule has 1 fully saturated rings. The SMILES string of the molecule is CN1CCN(c2nc(NCc3ccc(Cl)cc3Cl)c(C(N)=O)c3nncn23)CC1. The molecule has 152 valence electrons. The zero-order valence-corrected chi connectivity index (χ0v) is 17.3. The summed E-state index contributed by atoms with van der Waals surface area (Å²) in [7, 11) is 2.08. The molecule has 4 rings (SSSR count). The maximum atomic E-state index is 12.2. The molecular formula is C18H20Cl2N8O. The molecule has 1 amide bonds. The minimum atomic E-state index is -0.634. The number of carbonyl (C=O) groups is 1. The van der Waals surface area contributed by atoms with Gasteiger partial charge in [-0.1, -0.05) is 29.3 Å². The lowest BCUT2D eigenvalue weighted by Gasteiger charge is -2.33. The third kappa shape index (κ3) is 3.93. The highest BCUT2D eigenvalue weighted by Gasteiger charge is 2.24. The topological polar surface area (TPSA) is 105 Å². The number of fused-ring (bicyclic) bond motifs is 1. The minimum absolute atomic E-state index is 0.186. The summed E-state index contributed by atoms with van der Waals surface area (Å²) in [5, 5.41) is 12.3. The van der Waals surface area contributed by atoms with Gasteiger partial charge < -0.3 is 20.9 Å². The molecule has 3 N–H and O–H groups in total. The number of hydrogen-bond donors (Lipinski definition) is 2. The Morgan fingerprint density at radius 1 is 1.24 bits per heavy atom. The van der Waals surface area contributed by atoms with Crippen LogP contribution < -0.4 is 16.0 Å². The number of aromatic nitrogens is 4. The van der Waals surface area contributed by atoms with Gasteiger partial charge >= 0.3 is 0 Å². The van der Waals surface area contributed by atoms with Crippen LogP contribution in [0.3, 0.4) is 0 Å². The van der Waals surface area contributed by atoms with Gasteiger partial charge in [-0.2, -0.15) is 4.98 Å². The Morgan fingerprint density at radius 2 is 2.00 bits per heavy atom. The van der Waals surface area contributed by atoms with Crippen LogP contribution in [0, 0.1) is 0 Å². The Labute approximate surface area is 177 Å². The van der Waals surface area contributed by atoms with E-state index in [1.54, 1.807) is 22.9 Å². The number of benzene rings is 1. The van der Waals surface area contributed by atoms with Crippen LogP contribution in [0.5, 0.6) is 0 Å². The second-order valence-electron chi connectivity index (χ2n) is 6.90. The fourth-order valence-electron chi connectivity index (χ4n) is 3.30. The number of primary amides is 1. The molecule has 9 nitrogen and oxygen atoms in total. The Bertz CT molecular complexity index is 1060.